The first-order chi connectivity index (χ1) is 8.11. The molecule has 0 N–H and O–H groups in total. The highest BCUT2D eigenvalue weighted by Gasteiger charge is 2.06. The molecule has 86 valence electrons. The number of rotatable bonds is 2. The summed E-state index contributed by atoms with van der Waals surface area (Å²) in [7, 11) is 0. The summed E-state index contributed by atoms with van der Waals surface area (Å²) in [6.45, 7) is 4.13. The third kappa shape index (κ3) is 2.62. The Labute approximate surface area is 113 Å². The number of hydrogen-bond donors (Lipinski definition) is 0. The average molecular weight is 307 g/mol. The molecule has 0 aliphatic rings. The summed E-state index contributed by atoms with van der Waals surface area (Å²) in [5, 5.41) is 10.7. The van der Waals surface area contributed by atoms with Crippen molar-refractivity contribution in [3.63, 3.8) is 0 Å². The minimum Gasteiger partial charge on any atom is -0.241 e. The number of nitriles is 1. The van der Waals surface area contributed by atoms with Crippen LogP contribution in [0.25, 0.3) is 10.9 Å². The first-order valence-corrected chi connectivity index (χ1v) is 6.97. The lowest BCUT2D eigenvalue weighted by Crippen LogP contribution is -1.90. The molecule has 0 unspecified atom stereocenters. The van der Waals surface area contributed by atoms with E-state index < -0.39 is 0 Å². The predicted octanol–water partition coefficient (Wildman–Crippen LogP) is 4.23. The maximum Gasteiger partial charge on any atom is 0.0980 e. The number of fused-ring (bicyclic) bond motifs is 1. The quantitative estimate of drug-likeness (QED) is 0.779. The van der Waals surface area contributed by atoms with Crippen molar-refractivity contribution in [2.45, 2.75) is 18.9 Å². The normalized spacial score (nSPS) is 10.5. The molecule has 1 aromatic carbocycles. The van der Waals surface area contributed by atoms with E-state index in [-0.39, 0.29) is 0 Å². The predicted molar refractivity (Wildman–Crippen MR) is 75.3 cm³/mol. The molecule has 1 aromatic heterocycles. The number of thioether (sulfide) groups is 1. The van der Waals surface area contributed by atoms with E-state index in [0.717, 1.165) is 26.0 Å². The monoisotopic (exact) mass is 306 g/mol. The highest BCUT2D eigenvalue weighted by atomic mass is 79.9. The van der Waals surface area contributed by atoms with Gasteiger partial charge in [0, 0.05) is 9.86 Å². The summed E-state index contributed by atoms with van der Waals surface area (Å²) < 4.78 is 1.07. The molecule has 4 heteroatoms. The van der Waals surface area contributed by atoms with Gasteiger partial charge < -0.3 is 0 Å². The van der Waals surface area contributed by atoms with E-state index in [1.165, 1.54) is 17.3 Å². The van der Waals surface area contributed by atoms with Crippen LogP contribution in [-0.2, 0) is 0 Å². The molecule has 1 heterocycles. The van der Waals surface area contributed by atoms with Crippen molar-refractivity contribution in [2.75, 3.05) is 5.75 Å². The summed E-state index contributed by atoms with van der Waals surface area (Å²) in [4.78, 5) is 4.61. The Balaban J connectivity index is 2.61. The van der Waals surface area contributed by atoms with Crippen LogP contribution in [0.3, 0.4) is 0 Å². The lowest BCUT2D eigenvalue weighted by atomic mass is 10.1. The van der Waals surface area contributed by atoms with Gasteiger partial charge in [-0.05, 0) is 43.2 Å². The van der Waals surface area contributed by atoms with Gasteiger partial charge in [0.1, 0.15) is 0 Å². The van der Waals surface area contributed by atoms with Gasteiger partial charge in [-0.15, -0.1) is 0 Å². The first kappa shape index (κ1) is 12.4. The lowest BCUT2D eigenvalue weighted by molar-refractivity contribution is 1.16. The van der Waals surface area contributed by atoms with E-state index in [9.17, 15) is 0 Å². The van der Waals surface area contributed by atoms with Gasteiger partial charge in [-0.2, -0.15) is 5.26 Å². The Morgan fingerprint density at radius 3 is 2.76 bits per heavy atom. The fraction of sp³-hybridized carbons (Fsp3) is 0.231. The first-order valence-electron chi connectivity index (χ1n) is 5.19. The molecule has 17 heavy (non-hydrogen) atoms. The maximum atomic E-state index is 8.60. The summed E-state index contributed by atoms with van der Waals surface area (Å²) in [6, 6.07) is 8.31. The second-order valence-electron chi connectivity index (χ2n) is 3.84. The zero-order valence-electron chi connectivity index (χ0n) is 9.62. The third-order valence-corrected chi connectivity index (χ3v) is 3.77. The largest absolute Gasteiger partial charge is 0.241 e. The van der Waals surface area contributed by atoms with Gasteiger partial charge in [0.2, 0.25) is 0 Å². The van der Waals surface area contributed by atoms with E-state index in [1.54, 1.807) is 0 Å². The van der Waals surface area contributed by atoms with Crippen LogP contribution in [0.15, 0.2) is 27.7 Å². The zero-order chi connectivity index (χ0) is 12.4. The Kier molecular flexibility index (Phi) is 3.70. The van der Waals surface area contributed by atoms with Gasteiger partial charge in [-0.1, -0.05) is 27.7 Å². The number of aromatic nitrogens is 1. The van der Waals surface area contributed by atoms with Crippen LogP contribution in [0.4, 0.5) is 0 Å². The van der Waals surface area contributed by atoms with Crippen molar-refractivity contribution in [3.8, 4) is 6.07 Å². The van der Waals surface area contributed by atoms with Crippen molar-refractivity contribution < 1.29 is 0 Å². The Morgan fingerprint density at radius 2 is 2.06 bits per heavy atom. The summed E-state index contributed by atoms with van der Waals surface area (Å²) in [5.41, 5.74) is 3.37. The number of hydrogen-bond acceptors (Lipinski definition) is 3. The second-order valence-corrected chi connectivity index (χ2v) is 5.75. The van der Waals surface area contributed by atoms with Crippen LogP contribution in [0.2, 0.25) is 0 Å². The van der Waals surface area contributed by atoms with E-state index in [0.29, 0.717) is 5.75 Å². The van der Waals surface area contributed by atoms with Crippen molar-refractivity contribution in [1.82, 2.24) is 4.98 Å². The van der Waals surface area contributed by atoms with Gasteiger partial charge >= 0.3 is 0 Å². The van der Waals surface area contributed by atoms with Gasteiger partial charge in [-0.25, -0.2) is 4.98 Å². The molecule has 0 fully saturated rings. The molecule has 0 saturated heterocycles. The molecule has 0 bridgehead atoms. The fourth-order valence-electron chi connectivity index (χ4n) is 1.77. The molecule has 0 aliphatic carbocycles. The molecule has 2 nitrogen and oxygen atoms in total. The van der Waals surface area contributed by atoms with Crippen LogP contribution in [-0.4, -0.2) is 10.7 Å². The minimum atomic E-state index is 0.438. The van der Waals surface area contributed by atoms with Crippen LogP contribution < -0.4 is 0 Å². The zero-order valence-corrected chi connectivity index (χ0v) is 12.0. The lowest BCUT2D eigenvalue weighted by Gasteiger charge is -2.08. The summed E-state index contributed by atoms with van der Waals surface area (Å²) in [5.74, 6) is 0.438. The Morgan fingerprint density at radius 1 is 1.29 bits per heavy atom. The molecule has 0 amide bonds. The second kappa shape index (κ2) is 5.07. The fourth-order valence-corrected chi connectivity index (χ4v) is 2.97. The number of benzene rings is 1. The summed E-state index contributed by atoms with van der Waals surface area (Å²) in [6.07, 6.45) is 0. The number of aryl methyl sites for hydroxylation is 2. The Hall–Kier alpha value is -1.05. The third-order valence-electron chi connectivity index (χ3n) is 2.54. The van der Waals surface area contributed by atoms with E-state index in [4.69, 9.17) is 5.26 Å². The number of nitrogens with zero attached hydrogens (tertiary/aromatic N) is 2. The van der Waals surface area contributed by atoms with Gasteiger partial charge in [0.15, 0.2) is 0 Å². The molecule has 0 aliphatic heterocycles. The molecule has 0 atom stereocenters. The highest BCUT2D eigenvalue weighted by molar-refractivity contribution is 9.10. The van der Waals surface area contributed by atoms with E-state index in [2.05, 4.69) is 53.0 Å². The molecule has 2 aromatic rings. The van der Waals surface area contributed by atoms with Crippen LogP contribution >= 0.6 is 27.7 Å². The minimum absolute atomic E-state index is 0.438. The molecule has 0 saturated carbocycles. The molecular weight excluding hydrogens is 296 g/mol. The van der Waals surface area contributed by atoms with Crippen LogP contribution in [0, 0.1) is 25.2 Å². The molecular formula is C13H11BrN2S. The van der Waals surface area contributed by atoms with Gasteiger partial charge in [0.25, 0.3) is 0 Å². The van der Waals surface area contributed by atoms with E-state index in [1.807, 2.05) is 6.07 Å². The molecule has 0 spiro atoms. The van der Waals surface area contributed by atoms with Crippen molar-refractivity contribution in [1.29, 1.82) is 5.26 Å². The topological polar surface area (TPSA) is 36.7 Å². The maximum absolute atomic E-state index is 8.60. The van der Waals surface area contributed by atoms with Gasteiger partial charge in [0.05, 0.1) is 22.4 Å². The van der Waals surface area contributed by atoms with Gasteiger partial charge in [-0.3, -0.25) is 0 Å². The molecule has 2 rings (SSSR count). The standard InChI is InChI=1S/C13H11BrN2S/c1-8-6-12(17-4-3-15)16-13-9(2)5-10(14)7-11(8)13/h5-7H,4H2,1-2H3. The smallest absolute Gasteiger partial charge is 0.0980 e. The van der Waals surface area contributed by atoms with Crippen LogP contribution in [0.5, 0.6) is 0 Å². The Bertz CT molecular complexity index is 617. The van der Waals surface area contributed by atoms with E-state index >= 15 is 0 Å². The average Bonchev–Trinajstić information content (AvgIpc) is 2.28. The van der Waals surface area contributed by atoms with Crippen molar-refractivity contribution in [3.05, 3.63) is 33.8 Å². The van der Waals surface area contributed by atoms with Crippen LogP contribution in [0.1, 0.15) is 11.1 Å². The number of pyridine rings is 1. The summed E-state index contributed by atoms with van der Waals surface area (Å²) >= 11 is 4.98. The molecule has 0 radical (unpaired) electrons. The van der Waals surface area contributed by atoms with Crippen molar-refractivity contribution in [2.24, 2.45) is 0 Å². The van der Waals surface area contributed by atoms with Crippen molar-refractivity contribution >= 4 is 38.6 Å². The number of halogens is 1. The SMILES string of the molecule is Cc1cc(SCC#N)nc2c(C)cc(Br)cc12. The highest BCUT2D eigenvalue weighted by Crippen LogP contribution is 2.28.